The van der Waals surface area contributed by atoms with Crippen LogP contribution in [0.4, 0.5) is 0 Å². The van der Waals surface area contributed by atoms with Crippen molar-refractivity contribution in [2.45, 2.75) is 33.1 Å². The zero-order valence-corrected chi connectivity index (χ0v) is 14.5. The van der Waals surface area contributed by atoms with Crippen LogP contribution in [0.3, 0.4) is 0 Å². The first-order valence-electron chi connectivity index (χ1n) is 7.44. The molecule has 1 unspecified atom stereocenters. The molecule has 6 heteroatoms. The maximum Gasteiger partial charge on any atom is 0.319 e. The Balaban J connectivity index is 0.00000116. The molecule has 22 heavy (non-hydrogen) atoms. The van der Waals surface area contributed by atoms with Gasteiger partial charge in [-0.15, -0.1) is 0 Å². The van der Waals surface area contributed by atoms with Crippen LogP contribution in [0.1, 0.15) is 38.7 Å². The van der Waals surface area contributed by atoms with Gasteiger partial charge in [-0.05, 0) is 31.0 Å². The first-order chi connectivity index (χ1) is 10.5. The van der Waals surface area contributed by atoms with Crippen molar-refractivity contribution in [1.82, 2.24) is 5.32 Å². The number of esters is 1. The minimum Gasteiger partial charge on any atom is -0.465 e. The van der Waals surface area contributed by atoms with Crippen LogP contribution in [0.15, 0.2) is 18.2 Å². The number of benzene rings is 1. The summed E-state index contributed by atoms with van der Waals surface area (Å²) in [5, 5.41) is 3.56. The third-order valence-corrected chi connectivity index (χ3v) is 4.09. The van der Waals surface area contributed by atoms with Crippen LogP contribution in [0.5, 0.6) is 0 Å². The molecular formula is C16H21Cl2NO3. The fraction of sp³-hybridized carbons (Fsp3) is 0.500. The van der Waals surface area contributed by atoms with Gasteiger partial charge in [0.05, 0.1) is 16.7 Å². The van der Waals surface area contributed by atoms with Crippen molar-refractivity contribution < 1.29 is 14.3 Å². The van der Waals surface area contributed by atoms with Gasteiger partial charge in [-0.3, -0.25) is 9.59 Å². The maximum atomic E-state index is 12.0. The number of nitrogens with one attached hydrogen (secondary N) is 1. The summed E-state index contributed by atoms with van der Waals surface area (Å²) in [6.07, 6.45) is 0.660. The first-order valence-corrected chi connectivity index (χ1v) is 8.19. The molecule has 2 rings (SSSR count). The molecular weight excluding hydrogens is 325 g/mol. The molecule has 1 aromatic carbocycles. The standard InChI is InChI=1S/C14H15Cl2NO3.C2H6/c1-2-20-14(19)12-9(5-6-17-13(12)18)8-3-4-10(15)11(16)7-8;1-2/h3-4,7,9,12H,2,5-6H2,1H3,(H,17,18);1-2H3/t9?,12-;/m0./s1. The molecule has 1 aliphatic heterocycles. The van der Waals surface area contributed by atoms with Crippen LogP contribution in [0.25, 0.3) is 0 Å². The Morgan fingerprint density at radius 2 is 2.00 bits per heavy atom. The average molecular weight is 346 g/mol. The maximum absolute atomic E-state index is 12.0. The molecule has 1 saturated heterocycles. The second-order valence-electron chi connectivity index (χ2n) is 4.59. The number of carbonyl (C=O) groups excluding carboxylic acids is 2. The van der Waals surface area contributed by atoms with Gasteiger partial charge < -0.3 is 10.1 Å². The van der Waals surface area contributed by atoms with Crippen LogP contribution < -0.4 is 5.32 Å². The summed E-state index contributed by atoms with van der Waals surface area (Å²) in [6, 6.07) is 5.18. The van der Waals surface area contributed by atoms with Gasteiger partial charge in [0, 0.05) is 12.5 Å². The van der Waals surface area contributed by atoms with Crippen molar-refractivity contribution >= 4 is 35.1 Å². The van der Waals surface area contributed by atoms with E-state index in [1.54, 1.807) is 25.1 Å². The van der Waals surface area contributed by atoms with Crippen molar-refractivity contribution in [2.75, 3.05) is 13.2 Å². The summed E-state index contributed by atoms with van der Waals surface area (Å²) in [5.74, 6) is -1.87. The number of amides is 1. The monoisotopic (exact) mass is 345 g/mol. The predicted molar refractivity (Wildman–Crippen MR) is 88.3 cm³/mol. The molecule has 4 nitrogen and oxygen atoms in total. The second-order valence-corrected chi connectivity index (χ2v) is 5.40. The molecule has 1 amide bonds. The van der Waals surface area contributed by atoms with Gasteiger partial charge in [-0.2, -0.15) is 0 Å². The number of hydrogen-bond acceptors (Lipinski definition) is 3. The highest BCUT2D eigenvalue weighted by Gasteiger charge is 2.39. The first kappa shape index (κ1) is 18.8. The molecule has 0 aliphatic carbocycles. The third-order valence-electron chi connectivity index (χ3n) is 3.35. The van der Waals surface area contributed by atoms with E-state index in [-0.39, 0.29) is 18.4 Å². The van der Waals surface area contributed by atoms with Gasteiger partial charge in [-0.1, -0.05) is 43.1 Å². The molecule has 0 saturated carbocycles. The number of hydrogen-bond donors (Lipinski definition) is 1. The van der Waals surface area contributed by atoms with Gasteiger partial charge in [0.15, 0.2) is 0 Å². The van der Waals surface area contributed by atoms with E-state index in [2.05, 4.69) is 5.32 Å². The van der Waals surface area contributed by atoms with E-state index in [4.69, 9.17) is 27.9 Å². The highest BCUT2D eigenvalue weighted by molar-refractivity contribution is 6.42. The second kappa shape index (κ2) is 9.01. The summed E-state index contributed by atoms with van der Waals surface area (Å²) in [7, 11) is 0. The predicted octanol–water partition coefficient (Wildman–Crippen LogP) is 3.80. The summed E-state index contributed by atoms with van der Waals surface area (Å²) in [5.41, 5.74) is 0.826. The lowest BCUT2D eigenvalue weighted by Crippen LogP contribution is -2.45. The fourth-order valence-electron chi connectivity index (χ4n) is 2.42. The van der Waals surface area contributed by atoms with Gasteiger partial charge in [0.25, 0.3) is 0 Å². The van der Waals surface area contributed by atoms with E-state index in [0.29, 0.717) is 23.0 Å². The number of piperidine rings is 1. The van der Waals surface area contributed by atoms with Gasteiger partial charge in [0.1, 0.15) is 5.92 Å². The molecule has 1 fully saturated rings. The molecule has 1 N–H and O–H groups in total. The Hall–Kier alpha value is -1.26. The van der Waals surface area contributed by atoms with Gasteiger partial charge >= 0.3 is 5.97 Å². The van der Waals surface area contributed by atoms with Crippen LogP contribution in [0, 0.1) is 5.92 Å². The SMILES string of the molecule is CC.CCOC(=O)[C@@H]1C(=O)NCCC1c1ccc(Cl)c(Cl)c1. The Bertz CT molecular complexity index is 534. The zero-order valence-electron chi connectivity index (χ0n) is 13.0. The van der Waals surface area contributed by atoms with Crippen molar-refractivity contribution in [3.8, 4) is 0 Å². The van der Waals surface area contributed by atoms with E-state index in [0.717, 1.165) is 5.56 Å². The highest BCUT2D eigenvalue weighted by atomic mass is 35.5. The fourth-order valence-corrected chi connectivity index (χ4v) is 2.72. The van der Waals surface area contributed by atoms with E-state index in [9.17, 15) is 9.59 Å². The summed E-state index contributed by atoms with van der Waals surface area (Å²) < 4.78 is 5.00. The average Bonchev–Trinajstić information content (AvgIpc) is 2.52. The lowest BCUT2D eigenvalue weighted by molar-refractivity contribution is -0.154. The number of ether oxygens (including phenoxy) is 1. The van der Waals surface area contributed by atoms with Crippen molar-refractivity contribution in [3.05, 3.63) is 33.8 Å². The molecule has 1 aliphatic rings. The normalized spacial score (nSPS) is 20.5. The summed E-state index contributed by atoms with van der Waals surface area (Å²) in [4.78, 5) is 24.0. The van der Waals surface area contributed by atoms with Crippen LogP contribution in [-0.2, 0) is 14.3 Å². The summed E-state index contributed by atoms with van der Waals surface area (Å²) in [6.45, 7) is 6.49. The lowest BCUT2D eigenvalue weighted by Gasteiger charge is -2.30. The van der Waals surface area contributed by atoms with Crippen molar-refractivity contribution in [1.29, 1.82) is 0 Å². The Kier molecular flexibility index (Phi) is 7.69. The van der Waals surface area contributed by atoms with Gasteiger partial charge in [-0.25, -0.2) is 0 Å². The highest BCUT2D eigenvalue weighted by Crippen LogP contribution is 2.35. The van der Waals surface area contributed by atoms with E-state index < -0.39 is 11.9 Å². The van der Waals surface area contributed by atoms with Gasteiger partial charge in [0.2, 0.25) is 5.91 Å². The van der Waals surface area contributed by atoms with Crippen LogP contribution in [-0.4, -0.2) is 25.0 Å². The number of carbonyl (C=O) groups is 2. The Labute approximate surface area is 141 Å². The molecule has 0 spiro atoms. The topological polar surface area (TPSA) is 55.4 Å². The molecule has 122 valence electrons. The molecule has 0 radical (unpaired) electrons. The molecule has 0 bridgehead atoms. The molecule has 2 atom stereocenters. The largest absolute Gasteiger partial charge is 0.465 e. The Morgan fingerprint density at radius 1 is 1.32 bits per heavy atom. The Morgan fingerprint density at radius 3 is 2.59 bits per heavy atom. The van der Waals surface area contributed by atoms with E-state index >= 15 is 0 Å². The minimum atomic E-state index is -0.832. The summed E-state index contributed by atoms with van der Waals surface area (Å²) >= 11 is 11.9. The number of rotatable bonds is 3. The zero-order chi connectivity index (χ0) is 16.7. The molecule has 0 aromatic heterocycles. The lowest BCUT2D eigenvalue weighted by atomic mass is 9.80. The van der Waals surface area contributed by atoms with Crippen molar-refractivity contribution in [3.63, 3.8) is 0 Å². The van der Waals surface area contributed by atoms with Crippen LogP contribution in [0.2, 0.25) is 10.0 Å². The third kappa shape index (κ3) is 4.37. The number of halogens is 2. The van der Waals surface area contributed by atoms with Crippen LogP contribution >= 0.6 is 23.2 Å². The molecule has 1 aromatic rings. The molecule has 1 heterocycles. The quantitative estimate of drug-likeness (QED) is 0.669. The van der Waals surface area contributed by atoms with E-state index in [1.807, 2.05) is 13.8 Å². The van der Waals surface area contributed by atoms with Crippen molar-refractivity contribution in [2.24, 2.45) is 5.92 Å². The smallest absolute Gasteiger partial charge is 0.319 e. The van der Waals surface area contributed by atoms with E-state index in [1.165, 1.54) is 0 Å². The minimum absolute atomic E-state index is 0.238.